The van der Waals surface area contributed by atoms with Crippen LogP contribution in [0.2, 0.25) is 0 Å². The lowest BCUT2D eigenvalue weighted by Gasteiger charge is -2.31. The van der Waals surface area contributed by atoms with Crippen molar-refractivity contribution in [3.05, 3.63) is 59.8 Å². The van der Waals surface area contributed by atoms with Crippen molar-refractivity contribution in [2.45, 2.75) is 31.1 Å². The molecule has 3 aromatic rings. The lowest BCUT2D eigenvalue weighted by molar-refractivity contribution is 0.0944. The van der Waals surface area contributed by atoms with Crippen LogP contribution in [0.5, 0.6) is 5.75 Å². The molecule has 0 radical (unpaired) electrons. The van der Waals surface area contributed by atoms with Gasteiger partial charge in [0.1, 0.15) is 5.75 Å². The maximum atomic E-state index is 12.9. The lowest BCUT2D eigenvalue weighted by Crippen LogP contribution is -2.39. The van der Waals surface area contributed by atoms with E-state index in [4.69, 9.17) is 4.74 Å². The highest BCUT2D eigenvalue weighted by atomic mass is 16.5. The van der Waals surface area contributed by atoms with Crippen molar-refractivity contribution < 1.29 is 9.53 Å². The number of carbonyl (C=O) groups is 1. The second kappa shape index (κ2) is 6.83. The molecular weight excluding hydrogens is 326 g/mol. The van der Waals surface area contributed by atoms with Crippen LogP contribution >= 0.6 is 0 Å². The molecule has 5 nitrogen and oxygen atoms in total. The highest BCUT2D eigenvalue weighted by Crippen LogP contribution is 2.44. The summed E-state index contributed by atoms with van der Waals surface area (Å²) in [7, 11) is 1.71. The fraction of sp³-hybridized carbons (Fsp3) is 0.333. The molecule has 1 fully saturated rings. The van der Waals surface area contributed by atoms with Gasteiger partial charge in [-0.1, -0.05) is 43.2 Å². The van der Waals surface area contributed by atoms with Gasteiger partial charge in [0, 0.05) is 22.9 Å². The molecule has 26 heavy (non-hydrogen) atoms. The molecule has 1 amide bonds. The van der Waals surface area contributed by atoms with E-state index in [1.165, 1.54) is 18.4 Å². The van der Waals surface area contributed by atoms with Crippen LogP contribution in [0.1, 0.15) is 41.6 Å². The Labute approximate surface area is 152 Å². The Kier molecular flexibility index (Phi) is 4.37. The van der Waals surface area contributed by atoms with Crippen LogP contribution in [-0.4, -0.2) is 29.8 Å². The number of aromatic nitrogens is 2. The Morgan fingerprint density at radius 3 is 2.81 bits per heavy atom. The molecule has 2 N–H and O–H groups in total. The summed E-state index contributed by atoms with van der Waals surface area (Å²) in [6.07, 6.45) is 6.19. The van der Waals surface area contributed by atoms with Gasteiger partial charge in [-0.15, -0.1) is 0 Å². The minimum Gasteiger partial charge on any atom is -0.496 e. The summed E-state index contributed by atoms with van der Waals surface area (Å²) in [6, 6.07) is 13.8. The number of rotatable bonds is 5. The highest BCUT2D eigenvalue weighted by Gasteiger charge is 2.38. The van der Waals surface area contributed by atoms with Crippen molar-refractivity contribution in [1.82, 2.24) is 15.5 Å². The van der Waals surface area contributed by atoms with Crippen LogP contribution in [0.25, 0.3) is 10.9 Å². The summed E-state index contributed by atoms with van der Waals surface area (Å²) in [4.78, 5) is 12.9. The zero-order chi connectivity index (χ0) is 18.0. The summed E-state index contributed by atoms with van der Waals surface area (Å²) in [5.41, 5.74) is 2.54. The number of nitrogens with one attached hydrogen (secondary N) is 2. The molecule has 1 heterocycles. The molecule has 4 rings (SSSR count). The quantitative estimate of drug-likeness (QED) is 0.736. The molecule has 0 unspecified atom stereocenters. The minimum absolute atomic E-state index is 0.0653. The molecule has 134 valence electrons. The van der Waals surface area contributed by atoms with Crippen molar-refractivity contribution in [1.29, 1.82) is 0 Å². The molecular formula is C21H23N3O2. The van der Waals surface area contributed by atoms with Gasteiger partial charge in [0.05, 0.1) is 24.4 Å². The Hall–Kier alpha value is -2.82. The van der Waals surface area contributed by atoms with Crippen LogP contribution in [-0.2, 0) is 5.41 Å². The van der Waals surface area contributed by atoms with Gasteiger partial charge >= 0.3 is 0 Å². The van der Waals surface area contributed by atoms with Crippen LogP contribution in [0.3, 0.4) is 0 Å². The van der Waals surface area contributed by atoms with Gasteiger partial charge in [-0.05, 0) is 25.0 Å². The Balaban J connectivity index is 1.60. The number of amides is 1. The van der Waals surface area contributed by atoms with Gasteiger partial charge in [0.25, 0.3) is 5.91 Å². The average molecular weight is 349 g/mol. The normalized spacial score (nSPS) is 15.9. The van der Waals surface area contributed by atoms with E-state index in [0.717, 1.165) is 29.5 Å². The van der Waals surface area contributed by atoms with Crippen molar-refractivity contribution in [3.63, 3.8) is 0 Å². The number of H-pyrrole nitrogens is 1. The average Bonchev–Trinajstić information content (AvgIpc) is 3.35. The summed E-state index contributed by atoms with van der Waals surface area (Å²) in [6.45, 7) is 0.608. The third kappa shape index (κ3) is 2.83. The largest absolute Gasteiger partial charge is 0.496 e. The van der Waals surface area contributed by atoms with E-state index in [9.17, 15) is 4.79 Å². The summed E-state index contributed by atoms with van der Waals surface area (Å²) in [5.74, 6) is 0.834. The fourth-order valence-electron chi connectivity index (χ4n) is 4.18. The van der Waals surface area contributed by atoms with E-state index in [1.54, 1.807) is 13.3 Å². The molecule has 2 aromatic carbocycles. The molecule has 1 aliphatic rings. The highest BCUT2D eigenvalue weighted by molar-refractivity contribution is 6.05. The van der Waals surface area contributed by atoms with Gasteiger partial charge in [0.15, 0.2) is 0 Å². The minimum atomic E-state index is -0.0685. The first-order chi connectivity index (χ1) is 12.7. The number of para-hydroxylation sites is 2. The number of hydrogen-bond donors (Lipinski definition) is 2. The van der Waals surface area contributed by atoms with E-state index >= 15 is 0 Å². The van der Waals surface area contributed by atoms with Crippen molar-refractivity contribution in [2.24, 2.45) is 0 Å². The van der Waals surface area contributed by atoms with E-state index in [-0.39, 0.29) is 11.3 Å². The second-order valence-corrected chi connectivity index (χ2v) is 7.01. The Bertz CT molecular complexity index is 926. The zero-order valence-electron chi connectivity index (χ0n) is 14.9. The van der Waals surface area contributed by atoms with Crippen molar-refractivity contribution in [2.75, 3.05) is 13.7 Å². The van der Waals surface area contributed by atoms with Crippen LogP contribution in [0, 0.1) is 0 Å². The predicted octanol–water partition coefficient (Wildman–Crippen LogP) is 3.81. The summed E-state index contributed by atoms with van der Waals surface area (Å²) >= 11 is 0. The van der Waals surface area contributed by atoms with Crippen LogP contribution in [0.15, 0.2) is 48.7 Å². The van der Waals surface area contributed by atoms with Gasteiger partial charge < -0.3 is 10.1 Å². The van der Waals surface area contributed by atoms with E-state index in [1.807, 2.05) is 36.4 Å². The number of benzene rings is 2. The van der Waals surface area contributed by atoms with Gasteiger partial charge in [-0.3, -0.25) is 9.89 Å². The van der Waals surface area contributed by atoms with E-state index in [2.05, 4.69) is 21.6 Å². The number of ether oxygens (including phenoxy) is 1. The van der Waals surface area contributed by atoms with Crippen molar-refractivity contribution >= 4 is 16.8 Å². The summed E-state index contributed by atoms with van der Waals surface area (Å²) < 4.78 is 5.60. The standard InChI is InChI=1S/C21H23N3O2/c1-26-18-10-3-2-9-17(18)21(11-4-5-12-21)14-22-20(25)16-8-6-7-15-13-23-24-19(15)16/h2-3,6-10,13H,4-5,11-12,14H2,1H3,(H,22,25)(H,23,24). The van der Waals surface area contributed by atoms with E-state index in [0.29, 0.717) is 12.1 Å². The molecule has 1 aromatic heterocycles. The van der Waals surface area contributed by atoms with E-state index < -0.39 is 0 Å². The van der Waals surface area contributed by atoms with Gasteiger partial charge in [-0.25, -0.2) is 0 Å². The molecule has 1 saturated carbocycles. The summed E-state index contributed by atoms with van der Waals surface area (Å²) in [5, 5.41) is 11.1. The number of hydrogen-bond acceptors (Lipinski definition) is 3. The number of fused-ring (bicyclic) bond motifs is 1. The topological polar surface area (TPSA) is 67.0 Å². The maximum Gasteiger partial charge on any atom is 0.253 e. The van der Waals surface area contributed by atoms with Crippen LogP contribution < -0.4 is 10.1 Å². The third-order valence-electron chi connectivity index (χ3n) is 5.55. The lowest BCUT2D eigenvalue weighted by atomic mass is 9.78. The number of methoxy groups -OCH3 is 1. The maximum absolute atomic E-state index is 12.9. The fourth-order valence-corrected chi connectivity index (χ4v) is 4.18. The van der Waals surface area contributed by atoms with Crippen LogP contribution in [0.4, 0.5) is 0 Å². The molecule has 1 aliphatic carbocycles. The number of aromatic amines is 1. The predicted molar refractivity (Wildman–Crippen MR) is 102 cm³/mol. The molecule has 0 aliphatic heterocycles. The molecule has 0 spiro atoms. The molecule has 0 saturated heterocycles. The first kappa shape index (κ1) is 16.6. The SMILES string of the molecule is COc1ccccc1C1(CNC(=O)c2cccc3cn[nH]c23)CCCC1. The first-order valence-corrected chi connectivity index (χ1v) is 9.07. The Morgan fingerprint density at radius 2 is 2.00 bits per heavy atom. The first-order valence-electron chi connectivity index (χ1n) is 9.07. The smallest absolute Gasteiger partial charge is 0.253 e. The molecule has 0 bridgehead atoms. The van der Waals surface area contributed by atoms with Gasteiger partial charge in [0.2, 0.25) is 0 Å². The van der Waals surface area contributed by atoms with Gasteiger partial charge in [-0.2, -0.15) is 5.10 Å². The molecule has 5 heteroatoms. The van der Waals surface area contributed by atoms with Crippen molar-refractivity contribution in [3.8, 4) is 5.75 Å². The number of carbonyl (C=O) groups excluding carboxylic acids is 1. The third-order valence-corrected chi connectivity index (χ3v) is 5.55. The second-order valence-electron chi connectivity index (χ2n) is 7.01. The Morgan fingerprint density at radius 1 is 1.19 bits per heavy atom. The number of nitrogens with zero attached hydrogens (tertiary/aromatic N) is 1. The molecule has 0 atom stereocenters. The zero-order valence-corrected chi connectivity index (χ0v) is 14.9. The monoisotopic (exact) mass is 349 g/mol.